The normalized spacial score (nSPS) is 24.5. The minimum absolute atomic E-state index is 0.0398. The van der Waals surface area contributed by atoms with E-state index in [1.165, 1.54) is 11.0 Å². The zero-order valence-corrected chi connectivity index (χ0v) is 15.2. The molecule has 3 nitrogen and oxygen atoms in total. The van der Waals surface area contributed by atoms with Crippen molar-refractivity contribution < 1.29 is 18.0 Å². The van der Waals surface area contributed by atoms with E-state index >= 15 is 0 Å². The molecule has 2 aliphatic rings. The Morgan fingerprint density at radius 2 is 1.92 bits per heavy atom. The molecule has 2 heterocycles. The van der Waals surface area contributed by atoms with Crippen molar-refractivity contribution in [2.24, 2.45) is 5.92 Å². The summed E-state index contributed by atoms with van der Waals surface area (Å²) in [6, 6.07) is 3.13. The van der Waals surface area contributed by atoms with Gasteiger partial charge in [-0.3, -0.25) is 9.69 Å². The van der Waals surface area contributed by atoms with E-state index in [0.717, 1.165) is 13.0 Å². The summed E-state index contributed by atoms with van der Waals surface area (Å²) < 4.78 is 40.8. The highest BCUT2D eigenvalue weighted by molar-refractivity contribution is 5.99. The Balaban J connectivity index is 1.99. The highest BCUT2D eigenvalue weighted by atomic mass is 19.4. The Morgan fingerprint density at radius 1 is 1.24 bits per heavy atom. The average Bonchev–Trinajstić information content (AvgIpc) is 3.01. The second kappa shape index (κ2) is 6.31. The molecular weight excluding hydrogens is 329 g/mol. The largest absolute Gasteiger partial charge is 0.416 e. The minimum Gasteiger partial charge on any atom is -0.332 e. The second-order valence-corrected chi connectivity index (χ2v) is 7.67. The van der Waals surface area contributed by atoms with Crippen LogP contribution in [0.3, 0.4) is 0 Å². The van der Waals surface area contributed by atoms with E-state index in [4.69, 9.17) is 0 Å². The molecule has 1 saturated heterocycles. The quantitative estimate of drug-likeness (QED) is 0.808. The van der Waals surface area contributed by atoms with Crippen LogP contribution >= 0.6 is 0 Å². The van der Waals surface area contributed by atoms with Crippen LogP contribution in [0.2, 0.25) is 0 Å². The zero-order valence-electron chi connectivity index (χ0n) is 15.2. The molecule has 0 N–H and O–H groups in total. The fourth-order valence-electron chi connectivity index (χ4n) is 3.88. The van der Waals surface area contributed by atoms with Gasteiger partial charge in [0, 0.05) is 30.7 Å². The third-order valence-corrected chi connectivity index (χ3v) is 5.71. The van der Waals surface area contributed by atoms with Crippen molar-refractivity contribution in [3.8, 4) is 0 Å². The molecule has 3 rings (SSSR count). The number of fused-ring (bicyclic) bond motifs is 1. The lowest BCUT2D eigenvalue weighted by molar-refractivity contribution is -0.138. The number of alkyl halides is 3. The number of hydrogen-bond donors (Lipinski definition) is 0. The summed E-state index contributed by atoms with van der Waals surface area (Å²) in [6.07, 6.45) is -3.39. The molecule has 25 heavy (non-hydrogen) atoms. The molecule has 1 fully saturated rings. The fourth-order valence-corrected chi connectivity index (χ4v) is 3.88. The highest BCUT2D eigenvalue weighted by Crippen LogP contribution is 2.39. The Labute approximate surface area is 146 Å². The zero-order chi connectivity index (χ0) is 18.5. The molecule has 2 aliphatic heterocycles. The fraction of sp³-hybridized carbons (Fsp3) is 0.632. The van der Waals surface area contributed by atoms with Gasteiger partial charge in [-0.15, -0.1) is 0 Å². The van der Waals surface area contributed by atoms with E-state index in [2.05, 4.69) is 18.7 Å². The number of halogens is 3. The summed E-state index contributed by atoms with van der Waals surface area (Å²) in [6.45, 7) is 9.30. The average molecular weight is 354 g/mol. The molecule has 138 valence electrons. The first-order valence-corrected chi connectivity index (χ1v) is 8.87. The molecule has 1 aromatic rings. The molecule has 1 amide bonds. The van der Waals surface area contributed by atoms with E-state index in [-0.39, 0.29) is 29.6 Å². The van der Waals surface area contributed by atoms with Crippen molar-refractivity contribution in [1.29, 1.82) is 0 Å². The maximum atomic E-state index is 13.6. The predicted octanol–water partition coefficient (Wildman–Crippen LogP) is 4.30. The molecule has 0 bridgehead atoms. The summed E-state index contributed by atoms with van der Waals surface area (Å²) in [5, 5.41) is 0. The highest BCUT2D eigenvalue weighted by Gasteiger charge is 2.41. The lowest BCUT2D eigenvalue weighted by Gasteiger charge is -2.24. The van der Waals surface area contributed by atoms with Crippen LogP contribution in [-0.4, -0.2) is 34.3 Å². The first kappa shape index (κ1) is 18.2. The number of amides is 1. The van der Waals surface area contributed by atoms with Crippen molar-refractivity contribution in [2.75, 3.05) is 6.54 Å². The number of likely N-dealkylation sites (tertiary alicyclic amines) is 1. The van der Waals surface area contributed by atoms with E-state index in [1.54, 1.807) is 6.07 Å². The van der Waals surface area contributed by atoms with Gasteiger partial charge in [-0.05, 0) is 62.9 Å². The van der Waals surface area contributed by atoms with E-state index in [9.17, 15) is 18.0 Å². The third-order valence-electron chi connectivity index (χ3n) is 5.71. The van der Waals surface area contributed by atoms with Crippen LogP contribution in [0.25, 0.3) is 0 Å². The molecule has 6 heteroatoms. The van der Waals surface area contributed by atoms with Crippen LogP contribution in [0.1, 0.15) is 61.2 Å². The van der Waals surface area contributed by atoms with Gasteiger partial charge in [-0.2, -0.15) is 13.2 Å². The Bertz CT molecular complexity index is 684. The summed E-state index contributed by atoms with van der Waals surface area (Å²) >= 11 is 0. The molecule has 0 aromatic heterocycles. The van der Waals surface area contributed by atoms with Crippen molar-refractivity contribution >= 4 is 5.91 Å². The number of rotatable bonds is 3. The van der Waals surface area contributed by atoms with Gasteiger partial charge in [-0.1, -0.05) is 6.92 Å². The number of carbonyl (C=O) groups is 1. The van der Waals surface area contributed by atoms with Crippen LogP contribution in [-0.2, 0) is 19.3 Å². The summed E-state index contributed by atoms with van der Waals surface area (Å²) in [7, 11) is 0. The Kier molecular flexibility index (Phi) is 4.60. The molecule has 0 spiro atoms. The lowest BCUT2D eigenvalue weighted by atomic mass is 9.98. The summed E-state index contributed by atoms with van der Waals surface area (Å²) in [4.78, 5) is 16.3. The van der Waals surface area contributed by atoms with Crippen LogP contribution in [0.15, 0.2) is 12.1 Å². The molecule has 2 unspecified atom stereocenters. The SMILES string of the molecule is CC1CCN(Cc2cc3c(c(C(F)(F)F)c2)CN(C(C)C)C3=O)C1C. The van der Waals surface area contributed by atoms with Gasteiger partial charge >= 0.3 is 6.18 Å². The number of benzene rings is 1. The maximum absolute atomic E-state index is 13.6. The summed E-state index contributed by atoms with van der Waals surface area (Å²) in [5.41, 5.74) is 0.263. The molecular formula is C19H25F3N2O. The molecule has 0 saturated carbocycles. The van der Waals surface area contributed by atoms with Crippen molar-refractivity contribution in [1.82, 2.24) is 9.80 Å². The van der Waals surface area contributed by atoms with Crippen LogP contribution in [0.5, 0.6) is 0 Å². The van der Waals surface area contributed by atoms with Gasteiger partial charge in [0.2, 0.25) is 0 Å². The van der Waals surface area contributed by atoms with Crippen LogP contribution < -0.4 is 0 Å². The number of nitrogens with zero attached hydrogens (tertiary/aromatic N) is 2. The third kappa shape index (κ3) is 3.28. The molecule has 0 aliphatic carbocycles. The van der Waals surface area contributed by atoms with Crippen molar-refractivity contribution in [2.45, 2.75) is 65.5 Å². The first-order valence-electron chi connectivity index (χ1n) is 8.87. The minimum atomic E-state index is -4.45. The Hall–Kier alpha value is -1.56. The Morgan fingerprint density at radius 3 is 2.44 bits per heavy atom. The number of hydrogen-bond acceptors (Lipinski definition) is 2. The predicted molar refractivity (Wildman–Crippen MR) is 90.1 cm³/mol. The standard InChI is InChI=1S/C19H25F3N2O/c1-11(2)24-10-16-15(18(24)25)7-14(8-17(16)19(20,21)22)9-23-6-5-12(3)13(23)4/h7-8,11-13H,5-6,9-10H2,1-4H3. The van der Waals surface area contributed by atoms with Gasteiger partial charge in [0.15, 0.2) is 0 Å². The molecule has 0 radical (unpaired) electrons. The maximum Gasteiger partial charge on any atom is 0.416 e. The monoisotopic (exact) mass is 354 g/mol. The van der Waals surface area contributed by atoms with Gasteiger partial charge in [0.1, 0.15) is 0 Å². The lowest BCUT2D eigenvalue weighted by Crippen LogP contribution is -2.31. The van der Waals surface area contributed by atoms with E-state index < -0.39 is 11.7 Å². The van der Waals surface area contributed by atoms with Gasteiger partial charge in [0.05, 0.1) is 5.56 Å². The smallest absolute Gasteiger partial charge is 0.332 e. The second-order valence-electron chi connectivity index (χ2n) is 7.67. The number of carbonyl (C=O) groups excluding carboxylic acids is 1. The van der Waals surface area contributed by atoms with Crippen molar-refractivity contribution in [3.05, 3.63) is 34.4 Å². The van der Waals surface area contributed by atoms with Gasteiger partial charge in [-0.25, -0.2) is 0 Å². The van der Waals surface area contributed by atoms with Gasteiger partial charge in [0.25, 0.3) is 5.91 Å². The van der Waals surface area contributed by atoms with E-state index in [1.807, 2.05) is 13.8 Å². The first-order chi connectivity index (χ1) is 11.6. The molecule has 2 atom stereocenters. The summed E-state index contributed by atoms with van der Waals surface area (Å²) in [5.74, 6) is 0.245. The topological polar surface area (TPSA) is 23.6 Å². The van der Waals surface area contributed by atoms with Crippen LogP contribution in [0, 0.1) is 5.92 Å². The van der Waals surface area contributed by atoms with Gasteiger partial charge < -0.3 is 4.90 Å². The van der Waals surface area contributed by atoms with E-state index in [0.29, 0.717) is 24.1 Å². The van der Waals surface area contributed by atoms with Crippen molar-refractivity contribution in [3.63, 3.8) is 0 Å². The molecule has 1 aromatic carbocycles. The van der Waals surface area contributed by atoms with Crippen LogP contribution in [0.4, 0.5) is 13.2 Å².